The third-order valence-electron chi connectivity index (χ3n) is 11.4. The number of benzene rings is 3. The van der Waals surface area contributed by atoms with Crippen molar-refractivity contribution >= 4 is 55.9 Å². The quantitative estimate of drug-likeness (QED) is 0.197. The Hall–Kier alpha value is -5.59. The van der Waals surface area contributed by atoms with Gasteiger partial charge in [-0.25, -0.2) is 13.2 Å². The van der Waals surface area contributed by atoms with E-state index in [2.05, 4.69) is 21.0 Å². The predicted octanol–water partition coefficient (Wildman–Crippen LogP) is 6.22. The summed E-state index contributed by atoms with van der Waals surface area (Å²) in [6.45, 7) is 2.23. The number of hydrogen-bond acceptors (Lipinski definition) is 9. The second kappa shape index (κ2) is 13.3. The average molecular weight is 784 g/mol. The summed E-state index contributed by atoms with van der Waals surface area (Å²) < 4.78 is 57.4. The number of phenols is 1. The van der Waals surface area contributed by atoms with E-state index in [1.807, 2.05) is 4.90 Å². The van der Waals surface area contributed by atoms with Crippen molar-refractivity contribution in [3.05, 3.63) is 64.1 Å². The van der Waals surface area contributed by atoms with E-state index in [1.54, 1.807) is 32.0 Å². The van der Waals surface area contributed by atoms with Gasteiger partial charge in [-0.15, -0.1) is 6.42 Å². The number of phenolic OH excluding ortho intramolecular Hbond substituents is 1. The molecule has 3 aromatic heterocycles. The molecule has 2 saturated heterocycles. The van der Waals surface area contributed by atoms with Crippen LogP contribution in [0.5, 0.6) is 11.8 Å². The molecular formula is C40H37ClF3N9O3. The number of alkyl halides is 1. The van der Waals surface area contributed by atoms with Gasteiger partial charge in [0, 0.05) is 69.7 Å². The minimum Gasteiger partial charge on any atom is -0.508 e. The van der Waals surface area contributed by atoms with Crippen LogP contribution in [0.4, 0.5) is 19.0 Å². The van der Waals surface area contributed by atoms with E-state index < -0.39 is 23.3 Å². The van der Waals surface area contributed by atoms with Crippen LogP contribution in [-0.2, 0) is 20.1 Å². The molecular weight excluding hydrogens is 747 g/mol. The summed E-state index contributed by atoms with van der Waals surface area (Å²) in [6.07, 6.45) is 9.07. The number of halogens is 4. The topological polar surface area (TPSA) is 118 Å². The zero-order valence-corrected chi connectivity index (χ0v) is 31.7. The maximum absolute atomic E-state index is 17.8. The highest BCUT2D eigenvalue weighted by Crippen LogP contribution is 2.46. The number of aromatic hydroxyl groups is 1. The molecule has 56 heavy (non-hydrogen) atoms. The third kappa shape index (κ3) is 5.60. The number of ether oxygens (including phenoxy) is 1. The van der Waals surface area contributed by atoms with E-state index in [1.165, 1.54) is 33.8 Å². The number of amides is 1. The highest BCUT2D eigenvalue weighted by Gasteiger charge is 2.49. The number of rotatable bonds is 6. The lowest BCUT2D eigenvalue weighted by atomic mass is 9.91. The lowest BCUT2D eigenvalue weighted by Crippen LogP contribution is -2.43. The number of anilines is 1. The van der Waals surface area contributed by atoms with Gasteiger partial charge in [0.15, 0.2) is 11.5 Å². The number of nitrogens with zero attached hydrogens (tertiary/aromatic N) is 9. The monoisotopic (exact) mass is 783 g/mol. The number of hydrogen-bond donors (Lipinski definition) is 1. The van der Waals surface area contributed by atoms with Crippen molar-refractivity contribution in [1.29, 1.82) is 0 Å². The molecule has 0 aliphatic carbocycles. The second-order valence-corrected chi connectivity index (χ2v) is 15.5. The normalized spacial score (nSPS) is 19.8. The molecule has 0 radical (unpaired) electrons. The van der Waals surface area contributed by atoms with E-state index in [0.29, 0.717) is 60.1 Å². The maximum atomic E-state index is 17.8. The highest BCUT2D eigenvalue weighted by molar-refractivity contribution is 6.34. The van der Waals surface area contributed by atoms with E-state index in [9.17, 15) is 14.3 Å². The zero-order valence-electron chi connectivity index (χ0n) is 30.9. The molecule has 1 N–H and O–H groups in total. The van der Waals surface area contributed by atoms with Gasteiger partial charge in [-0.1, -0.05) is 23.6 Å². The SMILES string of the molecule is C#Cc1c(F)ccc2cc(O)cc(-c3c(F)c4nc(OCC56CCCN5C[C@H](F)C6)nc(N5CCCn6nc(C(=O)N(C)C)c(Cl)c6C5)c4c4cn(C)nc34)c12. The van der Waals surface area contributed by atoms with Gasteiger partial charge in [0.25, 0.3) is 5.91 Å². The van der Waals surface area contributed by atoms with Crippen LogP contribution < -0.4 is 9.64 Å². The van der Waals surface area contributed by atoms with E-state index in [4.69, 9.17) is 32.7 Å². The largest absolute Gasteiger partial charge is 0.508 e. The summed E-state index contributed by atoms with van der Waals surface area (Å²) in [6, 6.07) is 5.33. The Morgan fingerprint density at radius 3 is 2.73 bits per heavy atom. The van der Waals surface area contributed by atoms with Crippen molar-refractivity contribution in [3.63, 3.8) is 0 Å². The number of carbonyl (C=O) groups is 1. The first-order chi connectivity index (χ1) is 26.9. The number of aromatic nitrogens is 6. The van der Waals surface area contributed by atoms with Crippen molar-refractivity contribution in [2.24, 2.45) is 7.05 Å². The molecule has 3 aromatic carbocycles. The first-order valence-corrected chi connectivity index (χ1v) is 18.8. The molecule has 288 valence electrons. The maximum Gasteiger partial charge on any atom is 0.319 e. The van der Waals surface area contributed by atoms with Gasteiger partial charge in [-0.05, 0) is 55.0 Å². The first-order valence-electron chi connectivity index (χ1n) is 18.4. The van der Waals surface area contributed by atoms with Crippen LogP contribution in [0.2, 0.25) is 5.02 Å². The van der Waals surface area contributed by atoms with E-state index >= 15 is 8.78 Å². The molecule has 0 saturated carbocycles. The Balaban J connectivity index is 1.29. The van der Waals surface area contributed by atoms with Crippen LogP contribution in [0, 0.1) is 24.0 Å². The van der Waals surface area contributed by atoms with Gasteiger partial charge in [0.05, 0.1) is 33.7 Å². The summed E-state index contributed by atoms with van der Waals surface area (Å²) >= 11 is 6.86. The molecule has 1 amide bonds. The second-order valence-electron chi connectivity index (χ2n) is 15.1. The van der Waals surface area contributed by atoms with E-state index in [-0.39, 0.29) is 74.6 Å². The number of carbonyl (C=O) groups excluding carboxylic acids is 1. The standard InChI is InChI=1S/C40H37ClF3N9O3/c1-5-24-27(43)9-8-21-14-23(54)15-25(29(21)24)30-33(44)35-31(26-18-50(4)47-34(26)30)37(46-39(45-35)56-20-40-10-6-12-52(40)17-22(42)16-40)51-11-7-13-53-28(19-51)32(41)36(48-53)38(55)49(2)3/h1,8-9,14-15,18,22,54H,6-7,10-13,16-17,19-20H2,2-4H3/t22-,40?/m1/s1. The lowest BCUT2D eigenvalue weighted by Gasteiger charge is -2.31. The molecule has 0 spiro atoms. The van der Waals surface area contributed by atoms with Gasteiger partial charge in [-0.3, -0.25) is 19.1 Å². The average Bonchev–Trinajstić information content (AvgIpc) is 3.86. The number of fused-ring (bicyclic) bond motifs is 6. The van der Waals surface area contributed by atoms with Gasteiger partial charge in [-0.2, -0.15) is 20.2 Å². The Morgan fingerprint density at radius 1 is 1.12 bits per heavy atom. The Kier molecular flexibility index (Phi) is 8.55. The third-order valence-corrected chi connectivity index (χ3v) is 11.8. The molecule has 9 rings (SSSR count). The highest BCUT2D eigenvalue weighted by atomic mass is 35.5. The minimum absolute atomic E-state index is 0.0489. The van der Waals surface area contributed by atoms with Crippen LogP contribution in [0.25, 0.3) is 43.7 Å². The Morgan fingerprint density at radius 2 is 1.95 bits per heavy atom. The zero-order chi connectivity index (χ0) is 39.2. The van der Waals surface area contributed by atoms with Crippen molar-refractivity contribution in [1.82, 2.24) is 39.3 Å². The molecule has 16 heteroatoms. The van der Waals surface area contributed by atoms with Crippen molar-refractivity contribution in [3.8, 4) is 35.2 Å². The lowest BCUT2D eigenvalue weighted by molar-refractivity contribution is 0.0821. The molecule has 0 bridgehead atoms. The Bertz CT molecular complexity index is 2670. The fourth-order valence-corrected chi connectivity index (χ4v) is 9.15. The summed E-state index contributed by atoms with van der Waals surface area (Å²) in [5.41, 5.74) is 0.239. The van der Waals surface area contributed by atoms with Crippen LogP contribution in [0.1, 0.15) is 47.4 Å². The molecule has 3 aliphatic rings. The smallest absolute Gasteiger partial charge is 0.319 e. The fourth-order valence-electron chi connectivity index (χ4n) is 8.88. The molecule has 6 heterocycles. The summed E-state index contributed by atoms with van der Waals surface area (Å²) in [7, 11) is 4.94. The summed E-state index contributed by atoms with van der Waals surface area (Å²) in [5.74, 6) is 0.707. The van der Waals surface area contributed by atoms with Crippen molar-refractivity contribution in [2.75, 3.05) is 45.2 Å². The van der Waals surface area contributed by atoms with Gasteiger partial charge in [0.2, 0.25) is 0 Å². The minimum atomic E-state index is -0.989. The van der Waals surface area contributed by atoms with E-state index in [0.717, 1.165) is 19.4 Å². The van der Waals surface area contributed by atoms with Crippen LogP contribution >= 0.6 is 11.6 Å². The van der Waals surface area contributed by atoms with Crippen molar-refractivity contribution in [2.45, 2.75) is 50.5 Å². The Labute approximate surface area is 324 Å². The van der Waals surface area contributed by atoms with Crippen molar-refractivity contribution < 1.29 is 27.8 Å². The summed E-state index contributed by atoms with van der Waals surface area (Å²) in [5, 5.41) is 21.8. The predicted molar refractivity (Wildman–Crippen MR) is 206 cm³/mol. The number of aryl methyl sites for hydroxylation is 2. The van der Waals surface area contributed by atoms with Crippen LogP contribution in [-0.4, -0.2) is 102 Å². The molecule has 1 unspecified atom stereocenters. The molecule has 3 aliphatic heterocycles. The fraction of sp³-hybridized carbons (Fsp3) is 0.375. The van der Waals surface area contributed by atoms with Gasteiger partial charge < -0.3 is 19.6 Å². The van der Waals surface area contributed by atoms with Gasteiger partial charge >= 0.3 is 6.01 Å². The molecule has 6 aromatic rings. The molecule has 2 fully saturated rings. The number of terminal acetylenes is 1. The summed E-state index contributed by atoms with van der Waals surface area (Å²) in [4.78, 5) is 28.1. The molecule has 12 nitrogen and oxygen atoms in total. The van der Waals surface area contributed by atoms with Gasteiger partial charge in [0.1, 0.15) is 41.2 Å². The molecule has 2 atom stereocenters. The van der Waals surface area contributed by atoms with Crippen LogP contribution in [0.3, 0.4) is 0 Å². The first kappa shape index (κ1) is 36.1. The van der Waals surface area contributed by atoms with Crippen LogP contribution in [0.15, 0.2) is 30.5 Å².